The average molecular weight is 186 g/mol. The summed E-state index contributed by atoms with van der Waals surface area (Å²) in [7, 11) is 0. The van der Waals surface area contributed by atoms with E-state index in [1.807, 2.05) is 6.92 Å². The summed E-state index contributed by atoms with van der Waals surface area (Å²) in [5, 5.41) is 9.24. The minimum absolute atomic E-state index is 0.539. The lowest BCUT2D eigenvalue weighted by Gasteiger charge is -1.97. The van der Waals surface area contributed by atoms with E-state index in [0.717, 1.165) is 12.2 Å². The van der Waals surface area contributed by atoms with Crippen LogP contribution in [0.3, 0.4) is 0 Å². The van der Waals surface area contributed by atoms with Crippen LogP contribution in [0.25, 0.3) is 0 Å². The molecule has 4 nitrogen and oxygen atoms in total. The number of carboxylic acids is 1. The number of nitrogens with zero attached hydrogens (tertiary/aromatic N) is 2. The molecule has 1 atom stereocenters. The van der Waals surface area contributed by atoms with Crippen molar-refractivity contribution in [2.45, 2.75) is 26.2 Å². The van der Waals surface area contributed by atoms with E-state index in [4.69, 9.17) is 5.11 Å². The van der Waals surface area contributed by atoms with E-state index >= 15 is 0 Å². The van der Waals surface area contributed by atoms with Gasteiger partial charge in [-0.05, 0) is 18.5 Å². The number of aromatic nitrogens is 2. The molecular formula is C7H10N2O2S. The summed E-state index contributed by atoms with van der Waals surface area (Å²) in [4.78, 5) is 14.6. The fourth-order valence-corrected chi connectivity index (χ4v) is 1.47. The van der Waals surface area contributed by atoms with Crippen molar-refractivity contribution in [2.75, 3.05) is 0 Å². The van der Waals surface area contributed by atoms with Crippen LogP contribution in [0, 0.1) is 0 Å². The van der Waals surface area contributed by atoms with Crippen LogP contribution in [-0.2, 0) is 11.2 Å². The first-order valence-electron chi connectivity index (χ1n) is 3.70. The molecule has 0 spiro atoms. The molecule has 66 valence electrons. The van der Waals surface area contributed by atoms with Crippen LogP contribution in [0.2, 0.25) is 0 Å². The van der Waals surface area contributed by atoms with Crippen molar-refractivity contribution in [1.82, 2.24) is 9.36 Å². The van der Waals surface area contributed by atoms with E-state index in [0.29, 0.717) is 5.01 Å². The second-order valence-corrected chi connectivity index (χ2v) is 3.25. The first kappa shape index (κ1) is 9.12. The first-order chi connectivity index (χ1) is 5.65. The largest absolute Gasteiger partial charge is 0.481 e. The molecular weight excluding hydrogens is 176 g/mol. The Morgan fingerprint density at radius 2 is 2.42 bits per heavy atom. The highest BCUT2D eigenvalue weighted by Gasteiger charge is 2.17. The lowest BCUT2D eigenvalue weighted by Crippen LogP contribution is -2.06. The Kier molecular flexibility index (Phi) is 2.75. The maximum Gasteiger partial charge on any atom is 0.313 e. The molecule has 0 radical (unpaired) electrons. The third-order valence-electron chi connectivity index (χ3n) is 1.54. The highest BCUT2D eigenvalue weighted by Crippen LogP contribution is 2.17. The minimum Gasteiger partial charge on any atom is -0.481 e. The lowest BCUT2D eigenvalue weighted by atomic mass is 10.2. The second-order valence-electron chi connectivity index (χ2n) is 2.46. The van der Waals surface area contributed by atoms with Crippen molar-refractivity contribution in [1.29, 1.82) is 0 Å². The summed E-state index contributed by atoms with van der Waals surface area (Å²) in [5.41, 5.74) is 0. The summed E-state index contributed by atoms with van der Waals surface area (Å²) < 4.78 is 4.01. The minimum atomic E-state index is -0.853. The molecule has 0 bridgehead atoms. The fourth-order valence-electron chi connectivity index (χ4n) is 0.693. The van der Waals surface area contributed by atoms with Gasteiger partial charge in [0.05, 0.1) is 0 Å². The van der Waals surface area contributed by atoms with Gasteiger partial charge in [-0.25, -0.2) is 4.98 Å². The van der Waals surface area contributed by atoms with Crippen LogP contribution < -0.4 is 0 Å². The average Bonchev–Trinajstić information content (AvgIpc) is 2.50. The molecule has 0 aliphatic rings. The van der Waals surface area contributed by atoms with Crippen molar-refractivity contribution in [3.05, 3.63) is 10.8 Å². The molecule has 1 aromatic heterocycles. The molecule has 12 heavy (non-hydrogen) atoms. The van der Waals surface area contributed by atoms with Gasteiger partial charge in [0.2, 0.25) is 0 Å². The standard InChI is InChI=1S/C7H10N2O2S/c1-3-5-8-6(12-9-5)4(2)7(10)11/h4H,3H2,1-2H3,(H,10,11). The van der Waals surface area contributed by atoms with Crippen molar-refractivity contribution in [3.63, 3.8) is 0 Å². The SMILES string of the molecule is CCc1nsc(C(C)C(=O)O)n1. The molecule has 0 aliphatic carbocycles. The van der Waals surface area contributed by atoms with Gasteiger partial charge in [0, 0.05) is 6.42 Å². The van der Waals surface area contributed by atoms with Gasteiger partial charge in [-0.1, -0.05) is 6.92 Å². The van der Waals surface area contributed by atoms with Crippen molar-refractivity contribution in [3.8, 4) is 0 Å². The van der Waals surface area contributed by atoms with Gasteiger partial charge in [-0.3, -0.25) is 4.79 Å². The molecule has 0 aliphatic heterocycles. The van der Waals surface area contributed by atoms with Crippen LogP contribution >= 0.6 is 11.5 Å². The zero-order valence-electron chi connectivity index (χ0n) is 6.94. The number of hydrogen-bond acceptors (Lipinski definition) is 4. The van der Waals surface area contributed by atoms with E-state index in [-0.39, 0.29) is 0 Å². The number of aryl methyl sites for hydroxylation is 1. The maximum atomic E-state index is 10.5. The summed E-state index contributed by atoms with van der Waals surface area (Å²) in [6, 6.07) is 0. The van der Waals surface area contributed by atoms with Crippen molar-refractivity contribution < 1.29 is 9.90 Å². The molecule has 0 aromatic carbocycles. The molecule has 0 saturated carbocycles. The second kappa shape index (κ2) is 3.62. The first-order valence-corrected chi connectivity index (χ1v) is 4.47. The monoisotopic (exact) mass is 186 g/mol. The van der Waals surface area contributed by atoms with Crippen LogP contribution in [0.5, 0.6) is 0 Å². The molecule has 0 amide bonds. The molecule has 1 unspecified atom stereocenters. The van der Waals surface area contributed by atoms with Gasteiger partial charge in [0.1, 0.15) is 16.7 Å². The van der Waals surface area contributed by atoms with E-state index in [1.165, 1.54) is 11.5 Å². The van der Waals surface area contributed by atoms with Gasteiger partial charge >= 0.3 is 5.97 Å². The predicted molar refractivity (Wildman–Crippen MR) is 45.3 cm³/mol. The van der Waals surface area contributed by atoms with E-state index in [1.54, 1.807) is 6.92 Å². The quantitative estimate of drug-likeness (QED) is 0.772. The summed E-state index contributed by atoms with van der Waals surface area (Å²) in [6.45, 7) is 3.56. The number of hydrogen-bond donors (Lipinski definition) is 1. The molecule has 1 aromatic rings. The zero-order valence-corrected chi connectivity index (χ0v) is 7.76. The Morgan fingerprint density at radius 3 is 2.83 bits per heavy atom. The van der Waals surface area contributed by atoms with Crippen molar-refractivity contribution in [2.24, 2.45) is 0 Å². The number of aliphatic carboxylic acids is 1. The molecule has 5 heteroatoms. The summed E-state index contributed by atoms with van der Waals surface area (Å²) in [6.07, 6.45) is 0.753. The van der Waals surface area contributed by atoms with Gasteiger partial charge in [0.15, 0.2) is 0 Å². The number of carbonyl (C=O) groups is 1. The van der Waals surface area contributed by atoms with Gasteiger partial charge in [-0.15, -0.1) is 0 Å². The van der Waals surface area contributed by atoms with E-state index in [9.17, 15) is 4.79 Å². The van der Waals surface area contributed by atoms with E-state index < -0.39 is 11.9 Å². The Bertz CT molecular complexity index is 285. The lowest BCUT2D eigenvalue weighted by molar-refractivity contribution is -0.138. The maximum absolute atomic E-state index is 10.5. The van der Waals surface area contributed by atoms with Gasteiger partial charge in [0.25, 0.3) is 0 Å². The Balaban J connectivity index is 2.81. The number of carboxylic acid groups (broad SMARTS) is 1. The molecule has 1 heterocycles. The summed E-state index contributed by atoms with van der Waals surface area (Å²) in [5.74, 6) is -0.667. The Labute approximate surface area is 74.4 Å². The van der Waals surface area contributed by atoms with Crippen LogP contribution in [-0.4, -0.2) is 20.4 Å². The van der Waals surface area contributed by atoms with Crippen LogP contribution in [0.15, 0.2) is 0 Å². The molecule has 1 rings (SSSR count). The summed E-state index contributed by atoms with van der Waals surface area (Å²) >= 11 is 1.17. The Morgan fingerprint density at radius 1 is 1.75 bits per heavy atom. The van der Waals surface area contributed by atoms with Crippen LogP contribution in [0.4, 0.5) is 0 Å². The number of rotatable bonds is 3. The highest BCUT2D eigenvalue weighted by atomic mass is 32.1. The molecule has 0 saturated heterocycles. The fraction of sp³-hybridized carbons (Fsp3) is 0.571. The van der Waals surface area contributed by atoms with Crippen LogP contribution in [0.1, 0.15) is 30.6 Å². The third kappa shape index (κ3) is 1.79. The van der Waals surface area contributed by atoms with E-state index in [2.05, 4.69) is 9.36 Å². The predicted octanol–water partition coefficient (Wildman–Crippen LogP) is 1.29. The van der Waals surface area contributed by atoms with Crippen molar-refractivity contribution >= 4 is 17.5 Å². The molecule has 0 fully saturated rings. The zero-order chi connectivity index (χ0) is 9.14. The Hall–Kier alpha value is -0.970. The van der Waals surface area contributed by atoms with Gasteiger partial charge < -0.3 is 5.11 Å². The topological polar surface area (TPSA) is 63.1 Å². The normalized spacial score (nSPS) is 12.8. The molecule has 1 N–H and O–H groups in total. The smallest absolute Gasteiger partial charge is 0.313 e. The third-order valence-corrected chi connectivity index (χ3v) is 2.47. The van der Waals surface area contributed by atoms with Gasteiger partial charge in [-0.2, -0.15) is 4.37 Å². The highest BCUT2D eigenvalue weighted by molar-refractivity contribution is 7.05.